The summed E-state index contributed by atoms with van der Waals surface area (Å²) in [4.78, 5) is 13.6. The minimum absolute atomic E-state index is 0.192. The Morgan fingerprint density at radius 2 is 1.65 bits per heavy atom. The van der Waals surface area contributed by atoms with Crippen LogP contribution in [-0.2, 0) is 4.79 Å². The molecule has 1 atom stereocenters. The molecular formula is C12H20N4O. The lowest BCUT2D eigenvalue weighted by Crippen LogP contribution is -2.50. The Kier molecular flexibility index (Phi) is 6.23. The van der Waals surface area contributed by atoms with Gasteiger partial charge in [-0.2, -0.15) is 10.5 Å². The molecule has 0 saturated carbocycles. The summed E-state index contributed by atoms with van der Waals surface area (Å²) < 4.78 is 0. The molecule has 0 spiro atoms. The highest BCUT2D eigenvalue weighted by Crippen LogP contribution is 2.19. The van der Waals surface area contributed by atoms with E-state index in [9.17, 15) is 4.79 Å². The Morgan fingerprint density at radius 3 is 1.94 bits per heavy atom. The molecule has 2 N–H and O–H groups in total. The van der Waals surface area contributed by atoms with E-state index in [2.05, 4.69) is 0 Å². The highest BCUT2D eigenvalue weighted by Gasteiger charge is 2.30. The molecule has 0 aliphatic carbocycles. The summed E-state index contributed by atoms with van der Waals surface area (Å²) >= 11 is 0. The van der Waals surface area contributed by atoms with Crippen molar-refractivity contribution in [2.75, 3.05) is 13.1 Å². The molecule has 5 heteroatoms. The first kappa shape index (κ1) is 15.4. The minimum atomic E-state index is -0.611. The van der Waals surface area contributed by atoms with Crippen molar-refractivity contribution in [1.82, 2.24) is 4.90 Å². The lowest BCUT2D eigenvalue weighted by atomic mass is 9.86. The molecule has 0 aliphatic rings. The van der Waals surface area contributed by atoms with E-state index < -0.39 is 6.04 Å². The van der Waals surface area contributed by atoms with Crippen LogP contribution in [0.15, 0.2) is 0 Å². The van der Waals surface area contributed by atoms with Crippen molar-refractivity contribution in [3.05, 3.63) is 0 Å². The molecule has 1 amide bonds. The van der Waals surface area contributed by atoms with E-state index >= 15 is 0 Å². The third-order valence-electron chi connectivity index (χ3n) is 2.50. The van der Waals surface area contributed by atoms with Gasteiger partial charge in [-0.3, -0.25) is 4.79 Å². The highest BCUT2D eigenvalue weighted by molar-refractivity contribution is 5.82. The Labute approximate surface area is 103 Å². The van der Waals surface area contributed by atoms with Crippen molar-refractivity contribution >= 4 is 5.91 Å². The molecule has 0 heterocycles. The Morgan fingerprint density at radius 1 is 1.24 bits per heavy atom. The number of hydrogen-bond acceptors (Lipinski definition) is 4. The van der Waals surface area contributed by atoms with Crippen LogP contribution in [0.5, 0.6) is 0 Å². The van der Waals surface area contributed by atoms with Crippen LogP contribution in [0.3, 0.4) is 0 Å². The fraction of sp³-hybridized carbons (Fsp3) is 0.750. The van der Waals surface area contributed by atoms with E-state index in [4.69, 9.17) is 16.3 Å². The summed E-state index contributed by atoms with van der Waals surface area (Å²) in [6.45, 7) is 6.34. The van der Waals surface area contributed by atoms with Crippen molar-refractivity contribution < 1.29 is 4.79 Å². The van der Waals surface area contributed by atoms with Crippen LogP contribution >= 0.6 is 0 Å². The van der Waals surface area contributed by atoms with Crippen LogP contribution < -0.4 is 5.73 Å². The molecule has 0 rings (SSSR count). The number of nitrogens with two attached hydrogens (primary N) is 1. The summed E-state index contributed by atoms with van der Waals surface area (Å²) in [5, 5.41) is 17.1. The molecule has 0 aliphatic heterocycles. The molecule has 0 bridgehead atoms. The molecule has 0 unspecified atom stereocenters. The molecule has 0 radical (unpaired) electrons. The summed E-state index contributed by atoms with van der Waals surface area (Å²) in [6.07, 6.45) is 0.516. The monoisotopic (exact) mass is 236 g/mol. The first-order chi connectivity index (χ1) is 7.84. The van der Waals surface area contributed by atoms with Crippen molar-refractivity contribution in [2.24, 2.45) is 11.1 Å². The van der Waals surface area contributed by atoms with Gasteiger partial charge in [0.15, 0.2) is 0 Å². The average molecular weight is 236 g/mol. The van der Waals surface area contributed by atoms with Gasteiger partial charge in [0, 0.05) is 13.1 Å². The van der Waals surface area contributed by atoms with E-state index in [1.54, 1.807) is 0 Å². The number of carbonyl (C=O) groups is 1. The molecule has 5 nitrogen and oxygen atoms in total. The molecular weight excluding hydrogens is 216 g/mol. The van der Waals surface area contributed by atoms with Gasteiger partial charge < -0.3 is 10.6 Å². The normalized spacial score (nSPS) is 12.4. The molecule has 0 aromatic carbocycles. The van der Waals surface area contributed by atoms with Gasteiger partial charge in [-0.1, -0.05) is 20.8 Å². The van der Waals surface area contributed by atoms with Gasteiger partial charge >= 0.3 is 0 Å². The number of nitrogens with zero attached hydrogens (tertiary/aromatic N) is 3. The van der Waals surface area contributed by atoms with E-state index in [1.165, 1.54) is 4.90 Å². The number of hydrogen-bond donors (Lipinski definition) is 1. The second-order valence-electron chi connectivity index (χ2n) is 4.99. The highest BCUT2D eigenvalue weighted by atomic mass is 16.2. The largest absolute Gasteiger partial charge is 0.339 e. The zero-order valence-corrected chi connectivity index (χ0v) is 10.7. The Hall–Kier alpha value is -1.59. The van der Waals surface area contributed by atoms with Crippen molar-refractivity contribution in [1.29, 1.82) is 10.5 Å². The zero-order chi connectivity index (χ0) is 13.5. The summed E-state index contributed by atoms with van der Waals surface area (Å²) in [5.74, 6) is -0.192. The predicted molar refractivity (Wildman–Crippen MR) is 64.5 cm³/mol. The SMILES string of the molecule is CC(C)(C)[C@H](N)C(=O)N(CCC#N)CCC#N. The van der Waals surface area contributed by atoms with Gasteiger partial charge in [0.2, 0.25) is 5.91 Å². The van der Waals surface area contributed by atoms with Gasteiger partial charge in [0.05, 0.1) is 31.0 Å². The van der Waals surface area contributed by atoms with Crippen molar-refractivity contribution in [3.8, 4) is 12.1 Å². The predicted octanol–water partition coefficient (Wildman–Crippen LogP) is 1.02. The number of carbonyl (C=O) groups excluding carboxylic acids is 1. The fourth-order valence-electron chi connectivity index (χ4n) is 1.27. The van der Waals surface area contributed by atoms with E-state index in [1.807, 2.05) is 32.9 Å². The molecule has 0 aromatic rings. The molecule has 0 saturated heterocycles. The van der Waals surface area contributed by atoms with Gasteiger partial charge in [-0.15, -0.1) is 0 Å². The van der Waals surface area contributed by atoms with Gasteiger partial charge in [-0.25, -0.2) is 0 Å². The van der Waals surface area contributed by atoms with E-state index in [0.717, 1.165) is 0 Å². The summed E-state index contributed by atoms with van der Waals surface area (Å²) in [7, 11) is 0. The van der Waals surface area contributed by atoms with Crippen molar-refractivity contribution in [2.45, 2.75) is 39.7 Å². The van der Waals surface area contributed by atoms with Crippen LogP contribution in [0.2, 0.25) is 0 Å². The first-order valence-corrected chi connectivity index (χ1v) is 5.63. The third-order valence-corrected chi connectivity index (χ3v) is 2.50. The van der Waals surface area contributed by atoms with Gasteiger partial charge in [0.25, 0.3) is 0 Å². The first-order valence-electron chi connectivity index (χ1n) is 5.63. The molecule has 17 heavy (non-hydrogen) atoms. The van der Waals surface area contributed by atoms with E-state index in [0.29, 0.717) is 13.1 Å². The topological polar surface area (TPSA) is 93.9 Å². The minimum Gasteiger partial charge on any atom is -0.339 e. The van der Waals surface area contributed by atoms with Crippen LogP contribution in [0.25, 0.3) is 0 Å². The Balaban J connectivity index is 4.63. The third kappa shape index (κ3) is 5.33. The second kappa shape index (κ2) is 6.88. The lowest BCUT2D eigenvalue weighted by Gasteiger charge is -2.31. The van der Waals surface area contributed by atoms with Crippen LogP contribution in [0, 0.1) is 28.1 Å². The fourth-order valence-corrected chi connectivity index (χ4v) is 1.27. The van der Waals surface area contributed by atoms with Crippen LogP contribution in [0.1, 0.15) is 33.6 Å². The second-order valence-corrected chi connectivity index (χ2v) is 4.99. The van der Waals surface area contributed by atoms with Gasteiger partial charge in [0.1, 0.15) is 0 Å². The number of amides is 1. The summed E-state index contributed by atoms with van der Waals surface area (Å²) in [5.41, 5.74) is 5.56. The Bertz CT molecular complexity index is 314. The van der Waals surface area contributed by atoms with Crippen LogP contribution in [0.4, 0.5) is 0 Å². The molecule has 0 fully saturated rings. The maximum absolute atomic E-state index is 12.1. The summed E-state index contributed by atoms with van der Waals surface area (Å²) in [6, 6.07) is 3.37. The molecule has 0 aromatic heterocycles. The average Bonchev–Trinajstić information content (AvgIpc) is 2.26. The maximum Gasteiger partial charge on any atom is 0.240 e. The van der Waals surface area contributed by atoms with Gasteiger partial charge in [-0.05, 0) is 5.41 Å². The zero-order valence-electron chi connectivity index (χ0n) is 10.7. The number of rotatable bonds is 5. The quantitative estimate of drug-likeness (QED) is 0.771. The maximum atomic E-state index is 12.1. The van der Waals surface area contributed by atoms with Crippen molar-refractivity contribution in [3.63, 3.8) is 0 Å². The molecule has 94 valence electrons. The lowest BCUT2D eigenvalue weighted by molar-refractivity contribution is -0.134. The smallest absolute Gasteiger partial charge is 0.240 e. The van der Waals surface area contributed by atoms with Crippen LogP contribution in [-0.4, -0.2) is 29.9 Å². The standard InChI is InChI=1S/C12H20N4O/c1-12(2,3)10(15)11(17)16(8-4-6-13)9-5-7-14/h10H,4-5,8-9,15H2,1-3H3/t10-/m1/s1. The van der Waals surface area contributed by atoms with E-state index in [-0.39, 0.29) is 24.2 Å². The number of nitriles is 2.